The molecule has 1 N–H and O–H groups in total. The minimum absolute atomic E-state index is 0.191. The lowest BCUT2D eigenvalue weighted by Crippen LogP contribution is -2.33. The number of hydrogen-bond donors (Lipinski definition) is 1. The fraction of sp³-hybridized carbons (Fsp3) is 0.211. The third-order valence-corrected chi connectivity index (χ3v) is 4.39. The summed E-state index contributed by atoms with van der Waals surface area (Å²) in [4.78, 5) is 25.3. The highest BCUT2D eigenvalue weighted by Crippen LogP contribution is 2.31. The summed E-state index contributed by atoms with van der Waals surface area (Å²) in [6, 6.07) is 14.4. The maximum Gasteiger partial charge on any atom is 0.274 e. The van der Waals surface area contributed by atoms with Gasteiger partial charge in [0.1, 0.15) is 12.4 Å². The van der Waals surface area contributed by atoms with E-state index >= 15 is 0 Å². The SMILES string of the molecule is CCn1nc(C(=O)NC2COc3ccccc32)c2ccccc2c1=O. The summed E-state index contributed by atoms with van der Waals surface area (Å²) in [5.41, 5.74) is 1.01. The van der Waals surface area contributed by atoms with E-state index in [1.807, 2.05) is 31.2 Å². The highest BCUT2D eigenvalue weighted by Gasteiger charge is 2.27. The Morgan fingerprint density at radius 3 is 2.72 bits per heavy atom. The summed E-state index contributed by atoms with van der Waals surface area (Å²) in [5.74, 6) is 0.466. The fourth-order valence-electron chi connectivity index (χ4n) is 3.13. The third-order valence-electron chi connectivity index (χ3n) is 4.39. The topological polar surface area (TPSA) is 73.2 Å². The van der Waals surface area contributed by atoms with E-state index in [-0.39, 0.29) is 23.2 Å². The second-order valence-electron chi connectivity index (χ2n) is 5.89. The van der Waals surface area contributed by atoms with Crippen molar-refractivity contribution in [2.24, 2.45) is 0 Å². The van der Waals surface area contributed by atoms with E-state index in [2.05, 4.69) is 10.4 Å². The van der Waals surface area contributed by atoms with Crippen LogP contribution in [0.25, 0.3) is 10.8 Å². The summed E-state index contributed by atoms with van der Waals surface area (Å²) in [6.07, 6.45) is 0. The molecule has 1 aromatic heterocycles. The zero-order chi connectivity index (χ0) is 17.4. The Morgan fingerprint density at radius 1 is 1.20 bits per heavy atom. The van der Waals surface area contributed by atoms with Gasteiger partial charge in [0, 0.05) is 17.5 Å². The van der Waals surface area contributed by atoms with Gasteiger partial charge in [0.15, 0.2) is 5.69 Å². The molecular weight excluding hydrogens is 318 g/mol. The van der Waals surface area contributed by atoms with Crippen LogP contribution in [-0.2, 0) is 6.54 Å². The summed E-state index contributed by atoms with van der Waals surface area (Å²) in [6.45, 7) is 2.61. The highest BCUT2D eigenvalue weighted by molar-refractivity contribution is 6.04. The minimum Gasteiger partial charge on any atom is -0.491 e. The minimum atomic E-state index is -0.316. The van der Waals surface area contributed by atoms with Gasteiger partial charge in [0.05, 0.1) is 11.4 Å². The molecule has 126 valence electrons. The Kier molecular flexibility index (Phi) is 3.72. The molecule has 6 heteroatoms. The van der Waals surface area contributed by atoms with E-state index in [1.165, 1.54) is 4.68 Å². The van der Waals surface area contributed by atoms with Crippen molar-refractivity contribution < 1.29 is 9.53 Å². The second-order valence-corrected chi connectivity index (χ2v) is 5.89. The molecule has 2 aromatic carbocycles. The van der Waals surface area contributed by atoms with E-state index in [9.17, 15) is 9.59 Å². The number of carbonyl (C=O) groups is 1. The fourth-order valence-corrected chi connectivity index (χ4v) is 3.13. The molecule has 25 heavy (non-hydrogen) atoms. The van der Waals surface area contributed by atoms with Crippen LogP contribution in [0.4, 0.5) is 0 Å². The molecule has 0 saturated heterocycles. The molecule has 0 spiro atoms. The van der Waals surface area contributed by atoms with Crippen molar-refractivity contribution in [3.63, 3.8) is 0 Å². The number of aromatic nitrogens is 2. The number of carbonyl (C=O) groups excluding carboxylic acids is 1. The number of nitrogens with one attached hydrogen (secondary N) is 1. The summed E-state index contributed by atoms with van der Waals surface area (Å²) in [5, 5.41) is 8.29. The lowest BCUT2D eigenvalue weighted by molar-refractivity contribution is 0.0924. The van der Waals surface area contributed by atoms with Crippen LogP contribution >= 0.6 is 0 Å². The molecular formula is C19H17N3O3. The van der Waals surface area contributed by atoms with Crippen LogP contribution in [-0.4, -0.2) is 22.3 Å². The van der Waals surface area contributed by atoms with Crippen molar-refractivity contribution in [1.82, 2.24) is 15.1 Å². The smallest absolute Gasteiger partial charge is 0.274 e. The molecule has 0 aliphatic carbocycles. The van der Waals surface area contributed by atoms with E-state index < -0.39 is 0 Å². The van der Waals surface area contributed by atoms with Gasteiger partial charge >= 0.3 is 0 Å². The zero-order valence-electron chi connectivity index (χ0n) is 13.7. The van der Waals surface area contributed by atoms with Gasteiger partial charge in [-0.25, -0.2) is 4.68 Å². The highest BCUT2D eigenvalue weighted by atomic mass is 16.5. The van der Waals surface area contributed by atoms with Crippen molar-refractivity contribution in [3.8, 4) is 5.75 Å². The average molecular weight is 335 g/mol. The van der Waals surface area contributed by atoms with Crippen molar-refractivity contribution in [2.45, 2.75) is 19.5 Å². The van der Waals surface area contributed by atoms with Crippen molar-refractivity contribution >= 4 is 16.7 Å². The molecule has 1 unspecified atom stereocenters. The van der Waals surface area contributed by atoms with E-state index in [1.54, 1.807) is 24.3 Å². The first-order valence-electron chi connectivity index (χ1n) is 8.21. The number of para-hydroxylation sites is 1. The number of benzene rings is 2. The van der Waals surface area contributed by atoms with E-state index in [4.69, 9.17) is 4.74 Å². The van der Waals surface area contributed by atoms with Crippen LogP contribution in [0, 0.1) is 0 Å². The number of hydrogen-bond acceptors (Lipinski definition) is 4. The molecule has 0 bridgehead atoms. The average Bonchev–Trinajstić information content (AvgIpc) is 3.05. The number of ether oxygens (including phenoxy) is 1. The van der Waals surface area contributed by atoms with Crippen LogP contribution in [0.2, 0.25) is 0 Å². The number of nitrogens with zero attached hydrogens (tertiary/aromatic N) is 2. The zero-order valence-corrected chi connectivity index (χ0v) is 13.7. The van der Waals surface area contributed by atoms with Crippen molar-refractivity contribution in [1.29, 1.82) is 0 Å². The molecule has 1 aliphatic rings. The van der Waals surface area contributed by atoms with Crippen LogP contribution in [0.3, 0.4) is 0 Å². The summed E-state index contributed by atoms with van der Waals surface area (Å²) in [7, 11) is 0. The molecule has 2 heterocycles. The first-order valence-corrected chi connectivity index (χ1v) is 8.21. The summed E-state index contributed by atoms with van der Waals surface area (Å²) >= 11 is 0. The van der Waals surface area contributed by atoms with Gasteiger partial charge in [-0.3, -0.25) is 9.59 Å². The van der Waals surface area contributed by atoms with Crippen LogP contribution in [0.15, 0.2) is 53.3 Å². The molecule has 3 aromatic rings. The predicted molar refractivity (Wildman–Crippen MR) is 93.8 cm³/mol. The molecule has 1 amide bonds. The van der Waals surface area contributed by atoms with Crippen molar-refractivity contribution in [2.75, 3.05) is 6.61 Å². The molecule has 0 radical (unpaired) electrons. The van der Waals surface area contributed by atoms with Crippen molar-refractivity contribution in [3.05, 3.63) is 70.1 Å². The first-order chi connectivity index (χ1) is 12.2. The monoisotopic (exact) mass is 335 g/mol. The Bertz CT molecular complexity index is 1030. The molecule has 0 saturated carbocycles. The van der Waals surface area contributed by atoms with E-state index in [0.29, 0.717) is 23.9 Å². The number of fused-ring (bicyclic) bond motifs is 2. The van der Waals surface area contributed by atoms with Gasteiger partial charge in [0.25, 0.3) is 11.5 Å². The molecule has 1 aliphatic heterocycles. The lowest BCUT2D eigenvalue weighted by Gasteiger charge is -2.13. The molecule has 0 fully saturated rings. The van der Waals surface area contributed by atoms with Crippen LogP contribution in [0.5, 0.6) is 5.75 Å². The maximum atomic E-state index is 12.9. The van der Waals surface area contributed by atoms with Gasteiger partial charge in [-0.1, -0.05) is 36.4 Å². The van der Waals surface area contributed by atoms with Gasteiger partial charge in [-0.2, -0.15) is 5.10 Å². The number of rotatable bonds is 3. The Balaban J connectivity index is 1.74. The van der Waals surface area contributed by atoms with E-state index in [0.717, 1.165) is 11.3 Å². The van der Waals surface area contributed by atoms with Gasteiger partial charge in [-0.05, 0) is 19.1 Å². The van der Waals surface area contributed by atoms with Crippen LogP contribution < -0.4 is 15.6 Å². The standard InChI is InChI=1S/C19H17N3O3/c1-2-22-19(24)13-8-4-3-7-12(13)17(21-22)18(23)20-15-11-25-16-10-6-5-9-14(15)16/h3-10,15H,2,11H2,1H3,(H,20,23). The van der Waals surface area contributed by atoms with Gasteiger partial charge in [0.2, 0.25) is 0 Å². The Morgan fingerprint density at radius 2 is 1.92 bits per heavy atom. The third kappa shape index (κ3) is 2.55. The lowest BCUT2D eigenvalue weighted by atomic mass is 10.1. The van der Waals surface area contributed by atoms with Crippen LogP contribution in [0.1, 0.15) is 29.0 Å². The quantitative estimate of drug-likeness (QED) is 0.797. The first kappa shape index (κ1) is 15.4. The maximum absolute atomic E-state index is 12.9. The Labute approximate surface area is 144 Å². The van der Waals surface area contributed by atoms with Gasteiger partial charge < -0.3 is 10.1 Å². The summed E-state index contributed by atoms with van der Waals surface area (Å²) < 4.78 is 6.92. The predicted octanol–water partition coefficient (Wildman–Crippen LogP) is 2.28. The number of amides is 1. The number of aryl methyl sites for hydroxylation is 1. The molecule has 1 atom stereocenters. The second kappa shape index (κ2) is 6.05. The molecule has 6 nitrogen and oxygen atoms in total. The van der Waals surface area contributed by atoms with Gasteiger partial charge in [-0.15, -0.1) is 0 Å². The molecule has 4 rings (SSSR count). The largest absolute Gasteiger partial charge is 0.491 e. The normalized spacial score (nSPS) is 15.6. The Hall–Kier alpha value is -3.15.